The molecular formula is C30H32Cl2N2O5S. The number of rotatable bonds is 9. The quantitative estimate of drug-likeness (QED) is 0.284. The van der Waals surface area contributed by atoms with Gasteiger partial charge in [0.25, 0.3) is 5.56 Å². The fourth-order valence-corrected chi connectivity index (χ4v) is 5.66. The molecule has 10 heteroatoms. The molecule has 2 aromatic carbocycles. The average molecular weight is 604 g/mol. The number of nitrogens with zero attached hydrogens (tertiary/aromatic N) is 2. The molecule has 0 amide bonds. The predicted molar refractivity (Wildman–Crippen MR) is 159 cm³/mol. The van der Waals surface area contributed by atoms with Crippen molar-refractivity contribution in [3.05, 3.63) is 88.5 Å². The van der Waals surface area contributed by atoms with Crippen LogP contribution in [0.2, 0.25) is 10.0 Å². The first-order valence-corrected chi connectivity index (χ1v) is 14.6. The fourth-order valence-electron chi connectivity index (χ4n) is 4.31. The Morgan fingerprint density at radius 1 is 1.10 bits per heavy atom. The van der Waals surface area contributed by atoms with Crippen molar-refractivity contribution in [1.82, 2.24) is 4.57 Å². The number of carbonyl (C=O) groups is 1. The molecular weight excluding hydrogens is 571 g/mol. The lowest BCUT2D eigenvalue weighted by Crippen LogP contribution is -2.40. The zero-order chi connectivity index (χ0) is 29.1. The van der Waals surface area contributed by atoms with Gasteiger partial charge in [-0.3, -0.25) is 9.36 Å². The summed E-state index contributed by atoms with van der Waals surface area (Å²) in [4.78, 5) is 32.4. The number of carbonyl (C=O) groups excluding carboxylic acids is 1. The van der Waals surface area contributed by atoms with Crippen molar-refractivity contribution in [1.29, 1.82) is 0 Å². The van der Waals surface area contributed by atoms with E-state index in [0.29, 0.717) is 54.7 Å². The molecule has 7 nitrogen and oxygen atoms in total. The van der Waals surface area contributed by atoms with Gasteiger partial charge in [-0.05, 0) is 74.6 Å². The Morgan fingerprint density at radius 2 is 1.85 bits per heavy atom. The van der Waals surface area contributed by atoms with E-state index in [0.717, 1.165) is 12.0 Å². The molecule has 212 valence electrons. The number of halogens is 2. The van der Waals surface area contributed by atoms with Crippen LogP contribution in [0.5, 0.6) is 11.5 Å². The van der Waals surface area contributed by atoms with Crippen LogP contribution in [0.3, 0.4) is 0 Å². The number of hydrogen-bond acceptors (Lipinski definition) is 7. The van der Waals surface area contributed by atoms with Crippen LogP contribution >= 0.6 is 34.5 Å². The molecule has 0 bridgehead atoms. The van der Waals surface area contributed by atoms with E-state index in [9.17, 15) is 9.59 Å². The number of methoxy groups -OCH3 is 1. The predicted octanol–water partition coefficient (Wildman–Crippen LogP) is 5.93. The molecule has 1 aliphatic heterocycles. The Bertz CT molecular complexity index is 1640. The van der Waals surface area contributed by atoms with Gasteiger partial charge in [0.15, 0.2) is 16.3 Å². The Kier molecular flexibility index (Phi) is 9.44. The molecule has 0 saturated heterocycles. The summed E-state index contributed by atoms with van der Waals surface area (Å²) in [6.45, 7) is 10.1. The first-order valence-electron chi connectivity index (χ1n) is 13.0. The highest BCUT2D eigenvalue weighted by Crippen LogP contribution is 2.36. The Balaban J connectivity index is 1.88. The molecule has 2 heterocycles. The number of thiazole rings is 1. The lowest BCUT2D eigenvalue weighted by Gasteiger charge is -2.26. The zero-order valence-corrected chi connectivity index (χ0v) is 25.6. The van der Waals surface area contributed by atoms with E-state index in [1.165, 1.54) is 15.9 Å². The largest absolute Gasteiger partial charge is 0.493 e. The number of esters is 1. The Hall–Kier alpha value is -3.07. The summed E-state index contributed by atoms with van der Waals surface area (Å²) in [6.07, 6.45) is 2.29. The van der Waals surface area contributed by atoms with Crippen LogP contribution in [-0.4, -0.2) is 30.4 Å². The maximum absolute atomic E-state index is 13.9. The van der Waals surface area contributed by atoms with Gasteiger partial charge in [-0.1, -0.05) is 60.5 Å². The molecule has 3 aromatic rings. The van der Waals surface area contributed by atoms with Gasteiger partial charge < -0.3 is 14.2 Å². The second-order valence-corrected chi connectivity index (χ2v) is 12.0. The van der Waals surface area contributed by atoms with E-state index in [4.69, 9.17) is 37.4 Å². The third kappa shape index (κ3) is 6.45. The second kappa shape index (κ2) is 12.6. The fraction of sp³-hybridized carbons (Fsp3) is 0.367. The molecule has 0 radical (unpaired) electrons. The second-order valence-electron chi connectivity index (χ2n) is 10.2. The van der Waals surface area contributed by atoms with Crippen LogP contribution in [0, 0.1) is 5.92 Å². The van der Waals surface area contributed by atoms with Crippen LogP contribution in [0.25, 0.3) is 6.08 Å². The standard InChI is InChI=1S/C30H32Cl2N2O5S/c1-16(2)11-12-38-23-10-8-20(15-24(23)37-6)27-26(29(36)39-17(3)4)18(5)33-30-34(27)28(35)25(40-30)14-19-7-9-21(31)22(32)13-19/h7-10,13-17,27H,11-12H2,1-6H3/b25-14-. The van der Waals surface area contributed by atoms with Crippen molar-refractivity contribution in [3.8, 4) is 11.5 Å². The summed E-state index contributed by atoms with van der Waals surface area (Å²) in [7, 11) is 1.56. The molecule has 0 spiro atoms. The lowest BCUT2D eigenvalue weighted by atomic mass is 9.95. The third-order valence-corrected chi connectivity index (χ3v) is 8.00. The van der Waals surface area contributed by atoms with E-state index in [2.05, 4.69) is 18.8 Å². The maximum Gasteiger partial charge on any atom is 0.338 e. The van der Waals surface area contributed by atoms with Crippen LogP contribution < -0.4 is 24.4 Å². The number of ether oxygens (including phenoxy) is 3. The SMILES string of the molecule is COc1cc(C2C(C(=O)OC(C)C)=C(C)N=c3s/c(=C\c4ccc(Cl)c(Cl)c4)c(=O)n32)ccc1OCCC(C)C. The summed E-state index contributed by atoms with van der Waals surface area (Å²) < 4.78 is 19.2. The Morgan fingerprint density at radius 3 is 2.50 bits per heavy atom. The number of benzene rings is 2. The third-order valence-electron chi connectivity index (χ3n) is 6.28. The van der Waals surface area contributed by atoms with Gasteiger partial charge in [0.1, 0.15) is 0 Å². The summed E-state index contributed by atoms with van der Waals surface area (Å²) in [5, 5.41) is 0.813. The van der Waals surface area contributed by atoms with Crippen molar-refractivity contribution in [2.24, 2.45) is 10.9 Å². The minimum atomic E-state index is -0.780. The molecule has 1 unspecified atom stereocenters. The highest BCUT2D eigenvalue weighted by Gasteiger charge is 2.34. The van der Waals surface area contributed by atoms with Gasteiger partial charge in [0.2, 0.25) is 0 Å². The van der Waals surface area contributed by atoms with Crippen LogP contribution in [0.1, 0.15) is 58.2 Å². The van der Waals surface area contributed by atoms with Crippen LogP contribution in [0.4, 0.5) is 0 Å². The Labute approximate surface area is 247 Å². The number of fused-ring (bicyclic) bond motifs is 1. The maximum atomic E-state index is 13.9. The van der Waals surface area contributed by atoms with Gasteiger partial charge in [0, 0.05) is 0 Å². The van der Waals surface area contributed by atoms with Gasteiger partial charge in [-0.2, -0.15) is 0 Å². The minimum absolute atomic E-state index is 0.290. The molecule has 0 saturated carbocycles. The van der Waals surface area contributed by atoms with Crippen molar-refractivity contribution in [2.45, 2.75) is 53.2 Å². The van der Waals surface area contributed by atoms with E-state index in [-0.39, 0.29) is 17.2 Å². The molecule has 4 rings (SSSR count). The van der Waals surface area contributed by atoms with Crippen molar-refractivity contribution in [3.63, 3.8) is 0 Å². The summed E-state index contributed by atoms with van der Waals surface area (Å²) in [6, 6.07) is 9.82. The topological polar surface area (TPSA) is 79.1 Å². The van der Waals surface area contributed by atoms with E-state index in [1.807, 2.05) is 6.07 Å². The zero-order valence-electron chi connectivity index (χ0n) is 23.3. The summed E-state index contributed by atoms with van der Waals surface area (Å²) in [5.74, 6) is 1.06. The number of hydrogen-bond donors (Lipinski definition) is 0. The van der Waals surface area contributed by atoms with E-state index in [1.54, 1.807) is 64.3 Å². The average Bonchev–Trinajstić information content (AvgIpc) is 3.19. The highest BCUT2D eigenvalue weighted by molar-refractivity contribution is 7.07. The molecule has 1 atom stereocenters. The lowest BCUT2D eigenvalue weighted by molar-refractivity contribution is -0.143. The first-order chi connectivity index (χ1) is 19.0. The molecule has 1 aliphatic rings. The van der Waals surface area contributed by atoms with E-state index >= 15 is 0 Å². The van der Waals surface area contributed by atoms with Crippen molar-refractivity contribution in [2.75, 3.05) is 13.7 Å². The smallest absolute Gasteiger partial charge is 0.338 e. The molecule has 40 heavy (non-hydrogen) atoms. The highest BCUT2D eigenvalue weighted by atomic mass is 35.5. The van der Waals surface area contributed by atoms with Gasteiger partial charge >= 0.3 is 5.97 Å². The van der Waals surface area contributed by atoms with Crippen LogP contribution in [0.15, 0.2) is 57.5 Å². The van der Waals surface area contributed by atoms with Crippen molar-refractivity contribution >= 4 is 46.6 Å². The molecule has 0 N–H and O–H groups in total. The summed E-state index contributed by atoms with van der Waals surface area (Å²) in [5.41, 5.74) is 1.86. The van der Waals surface area contributed by atoms with Gasteiger partial charge in [0.05, 0.1) is 51.7 Å². The molecule has 1 aromatic heterocycles. The monoisotopic (exact) mass is 602 g/mol. The van der Waals surface area contributed by atoms with Crippen molar-refractivity contribution < 1.29 is 19.0 Å². The van der Waals surface area contributed by atoms with Crippen LogP contribution in [-0.2, 0) is 9.53 Å². The summed E-state index contributed by atoms with van der Waals surface area (Å²) >= 11 is 13.5. The van der Waals surface area contributed by atoms with Gasteiger partial charge in [-0.15, -0.1) is 0 Å². The first kappa shape index (κ1) is 29.9. The van der Waals surface area contributed by atoms with Gasteiger partial charge in [-0.25, -0.2) is 9.79 Å². The molecule has 0 fully saturated rings. The minimum Gasteiger partial charge on any atom is -0.493 e. The number of aromatic nitrogens is 1. The van der Waals surface area contributed by atoms with E-state index < -0.39 is 12.0 Å². The number of allylic oxidation sites excluding steroid dienone is 1. The molecule has 0 aliphatic carbocycles. The normalized spacial score (nSPS) is 15.3.